The van der Waals surface area contributed by atoms with E-state index in [2.05, 4.69) is 18.4 Å². The molecule has 3 aromatic carbocycles. The molecule has 0 heterocycles. The molecular weight excluding hydrogens is 456 g/mol. The Balaban J connectivity index is 1.45. The minimum atomic E-state index is -1.24. The molecule has 0 amide bonds. The second-order valence-electron chi connectivity index (χ2n) is 8.80. The average Bonchev–Trinajstić information content (AvgIpc) is 2.84. The van der Waals surface area contributed by atoms with E-state index in [1.807, 2.05) is 6.08 Å². The van der Waals surface area contributed by atoms with Gasteiger partial charge in [0.25, 0.3) is 0 Å². The number of hydrogen-bond acceptors (Lipinski definition) is 2. The van der Waals surface area contributed by atoms with E-state index in [-0.39, 0.29) is 28.0 Å². The number of rotatable bonds is 5. The van der Waals surface area contributed by atoms with Gasteiger partial charge >= 0.3 is 5.97 Å². The number of allylic oxidation sites excluding steroid dienone is 1. The van der Waals surface area contributed by atoms with Crippen LogP contribution in [0.3, 0.4) is 0 Å². The van der Waals surface area contributed by atoms with Crippen molar-refractivity contribution in [3.8, 4) is 17.6 Å². The molecule has 1 aliphatic rings. The second-order valence-corrected chi connectivity index (χ2v) is 8.80. The largest absolute Gasteiger partial charge is 0.423 e. The molecule has 180 valence electrons. The molecule has 0 spiro atoms. The van der Waals surface area contributed by atoms with E-state index in [4.69, 9.17) is 4.74 Å². The number of ether oxygens (including phenoxy) is 1. The third-order valence-electron chi connectivity index (χ3n) is 6.38. The molecule has 0 atom stereocenters. The molecular formula is C29H24F4O2. The van der Waals surface area contributed by atoms with Crippen LogP contribution in [-0.2, 0) is 0 Å². The van der Waals surface area contributed by atoms with Gasteiger partial charge in [-0.05, 0) is 86.2 Å². The highest BCUT2D eigenvalue weighted by molar-refractivity contribution is 5.93. The van der Waals surface area contributed by atoms with Crippen LogP contribution in [0.1, 0.15) is 54.4 Å². The van der Waals surface area contributed by atoms with Crippen LogP contribution in [-0.4, -0.2) is 5.97 Å². The maximum atomic E-state index is 14.6. The van der Waals surface area contributed by atoms with E-state index in [0.29, 0.717) is 5.92 Å². The fourth-order valence-electron chi connectivity index (χ4n) is 4.44. The molecule has 1 aliphatic carbocycles. The van der Waals surface area contributed by atoms with E-state index in [0.717, 1.165) is 56.7 Å². The van der Waals surface area contributed by atoms with E-state index in [9.17, 15) is 22.4 Å². The lowest BCUT2D eigenvalue weighted by molar-refractivity contribution is 0.0725. The predicted molar refractivity (Wildman–Crippen MR) is 127 cm³/mol. The molecule has 6 heteroatoms. The van der Waals surface area contributed by atoms with Crippen molar-refractivity contribution in [2.45, 2.75) is 38.5 Å². The zero-order valence-electron chi connectivity index (χ0n) is 19.1. The Morgan fingerprint density at radius 2 is 1.69 bits per heavy atom. The van der Waals surface area contributed by atoms with E-state index in [1.54, 1.807) is 0 Å². The molecule has 35 heavy (non-hydrogen) atoms. The lowest BCUT2D eigenvalue weighted by Crippen LogP contribution is -2.14. The summed E-state index contributed by atoms with van der Waals surface area (Å²) in [6, 6.07) is 8.03. The smallest absolute Gasteiger partial charge is 0.349 e. The Kier molecular flexibility index (Phi) is 7.55. The third kappa shape index (κ3) is 5.74. The summed E-state index contributed by atoms with van der Waals surface area (Å²) in [5, 5.41) is 0.269. The lowest BCUT2D eigenvalue weighted by Gasteiger charge is -2.25. The molecule has 0 aliphatic heterocycles. The molecule has 0 aromatic heterocycles. The van der Waals surface area contributed by atoms with Gasteiger partial charge in [-0.15, -0.1) is 6.58 Å². The van der Waals surface area contributed by atoms with Crippen molar-refractivity contribution in [2.75, 3.05) is 0 Å². The third-order valence-corrected chi connectivity index (χ3v) is 6.38. The van der Waals surface area contributed by atoms with Crippen molar-refractivity contribution in [3.63, 3.8) is 0 Å². The Labute approximate surface area is 201 Å². The van der Waals surface area contributed by atoms with E-state index in [1.165, 1.54) is 24.3 Å². The molecule has 4 rings (SSSR count). The fourth-order valence-corrected chi connectivity index (χ4v) is 4.44. The molecule has 0 unspecified atom stereocenters. The van der Waals surface area contributed by atoms with Crippen LogP contribution in [0.5, 0.6) is 5.75 Å². The van der Waals surface area contributed by atoms with Crippen molar-refractivity contribution in [1.29, 1.82) is 0 Å². The van der Waals surface area contributed by atoms with Gasteiger partial charge in [-0.25, -0.2) is 22.4 Å². The SMILES string of the molecule is C=CCCC1CCC(C#Cc2cc(F)c(C(=O)Oc3ccc4c(F)c(F)ccc4c3)c(F)c2)CC1. The topological polar surface area (TPSA) is 26.3 Å². The number of carbonyl (C=O) groups is 1. The number of benzene rings is 3. The molecule has 3 aromatic rings. The maximum Gasteiger partial charge on any atom is 0.349 e. The number of carbonyl (C=O) groups excluding carboxylic acids is 1. The summed E-state index contributed by atoms with van der Waals surface area (Å²) >= 11 is 0. The Morgan fingerprint density at radius 1 is 0.971 bits per heavy atom. The molecule has 0 radical (unpaired) electrons. The van der Waals surface area contributed by atoms with Gasteiger partial charge in [-0.3, -0.25) is 0 Å². The fraction of sp³-hybridized carbons (Fsp3) is 0.276. The van der Waals surface area contributed by atoms with Gasteiger partial charge in [-0.2, -0.15) is 0 Å². The number of halogens is 4. The Bertz CT molecular complexity index is 1300. The Morgan fingerprint density at radius 3 is 2.37 bits per heavy atom. The first-order valence-electron chi connectivity index (χ1n) is 11.6. The van der Waals surface area contributed by atoms with Gasteiger partial charge in [0.05, 0.1) is 0 Å². The molecule has 2 nitrogen and oxygen atoms in total. The summed E-state index contributed by atoms with van der Waals surface area (Å²) in [5.41, 5.74) is -0.697. The van der Waals surface area contributed by atoms with Crippen LogP contribution in [0, 0.1) is 46.9 Å². The summed E-state index contributed by atoms with van der Waals surface area (Å²) in [6.07, 6.45) is 8.13. The second kappa shape index (κ2) is 10.8. The summed E-state index contributed by atoms with van der Waals surface area (Å²) in [6.45, 7) is 3.76. The van der Waals surface area contributed by atoms with Gasteiger partial charge in [0.1, 0.15) is 22.9 Å². The van der Waals surface area contributed by atoms with Gasteiger partial charge in [-0.1, -0.05) is 24.0 Å². The molecule has 0 saturated heterocycles. The first kappa shape index (κ1) is 24.5. The monoisotopic (exact) mass is 480 g/mol. The summed E-state index contributed by atoms with van der Waals surface area (Å²) in [4.78, 5) is 12.5. The summed E-state index contributed by atoms with van der Waals surface area (Å²) in [7, 11) is 0. The Hall–Kier alpha value is -3.59. The van der Waals surface area contributed by atoms with E-state index < -0.39 is 34.8 Å². The zero-order chi connectivity index (χ0) is 24.9. The summed E-state index contributed by atoms with van der Waals surface area (Å²) in [5.74, 6) is 1.30. The van der Waals surface area contributed by atoms with Crippen LogP contribution in [0.25, 0.3) is 10.8 Å². The van der Waals surface area contributed by atoms with Crippen molar-refractivity contribution in [1.82, 2.24) is 0 Å². The van der Waals surface area contributed by atoms with E-state index >= 15 is 0 Å². The zero-order valence-corrected chi connectivity index (χ0v) is 19.1. The van der Waals surface area contributed by atoms with Crippen LogP contribution >= 0.6 is 0 Å². The predicted octanol–water partition coefficient (Wildman–Crippen LogP) is 7.74. The van der Waals surface area contributed by atoms with Crippen LogP contribution in [0.4, 0.5) is 17.6 Å². The number of fused-ring (bicyclic) bond motifs is 1. The normalized spacial score (nSPS) is 17.5. The molecule has 0 bridgehead atoms. The van der Waals surface area contributed by atoms with Crippen molar-refractivity contribution in [2.24, 2.45) is 11.8 Å². The van der Waals surface area contributed by atoms with Crippen molar-refractivity contribution in [3.05, 3.63) is 89.5 Å². The van der Waals surface area contributed by atoms with Gasteiger partial charge in [0.2, 0.25) is 0 Å². The highest BCUT2D eigenvalue weighted by Crippen LogP contribution is 2.31. The molecule has 1 saturated carbocycles. The van der Waals surface area contributed by atoms with Crippen LogP contribution < -0.4 is 4.74 Å². The van der Waals surface area contributed by atoms with Crippen LogP contribution in [0.15, 0.2) is 55.1 Å². The first-order chi connectivity index (χ1) is 16.9. The van der Waals surface area contributed by atoms with Crippen molar-refractivity contribution < 1.29 is 27.1 Å². The molecule has 0 N–H and O–H groups in total. The minimum Gasteiger partial charge on any atom is -0.423 e. The first-order valence-corrected chi connectivity index (χ1v) is 11.6. The highest BCUT2D eigenvalue weighted by atomic mass is 19.2. The minimum absolute atomic E-state index is 0.00432. The molecule has 1 fully saturated rings. The average molecular weight is 481 g/mol. The van der Waals surface area contributed by atoms with Gasteiger partial charge < -0.3 is 4.74 Å². The van der Waals surface area contributed by atoms with Gasteiger partial charge in [0, 0.05) is 16.9 Å². The van der Waals surface area contributed by atoms with Crippen LogP contribution in [0.2, 0.25) is 0 Å². The van der Waals surface area contributed by atoms with Crippen molar-refractivity contribution >= 4 is 16.7 Å². The lowest BCUT2D eigenvalue weighted by atomic mass is 9.80. The quantitative estimate of drug-likeness (QED) is 0.123. The number of hydrogen-bond donors (Lipinski definition) is 0. The standard InChI is InChI=1S/C29H24F4O2/c1-2-3-4-18-5-7-19(8-6-18)9-10-20-15-25(31)27(26(32)16-20)29(34)35-22-12-13-23-21(17-22)11-14-24(30)28(23)33/h2,11-19H,1,3-8H2. The van der Waals surface area contributed by atoms with Gasteiger partial charge in [0.15, 0.2) is 11.6 Å². The highest BCUT2D eigenvalue weighted by Gasteiger charge is 2.22. The number of esters is 1. The maximum absolute atomic E-state index is 14.6. The summed E-state index contributed by atoms with van der Waals surface area (Å²) < 4.78 is 61.6.